The zero-order chi connectivity index (χ0) is 12.2. The predicted octanol–water partition coefficient (Wildman–Crippen LogP) is 2.94. The third kappa shape index (κ3) is 4.64. The Morgan fingerprint density at radius 2 is 2.12 bits per heavy atom. The lowest BCUT2D eigenvalue weighted by Gasteiger charge is -2.32. The second-order valence-electron chi connectivity index (χ2n) is 5.70. The van der Waals surface area contributed by atoms with Gasteiger partial charge in [-0.05, 0) is 41.3 Å². The molecule has 1 atom stereocenters. The van der Waals surface area contributed by atoms with E-state index >= 15 is 0 Å². The van der Waals surface area contributed by atoms with Gasteiger partial charge in [0.15, 0.2) is 0 Å². The summed E-state index contributed by atoms with van der Waals surface area (Å²) in [6.45, 7) is 8.55. The number of nitrogens with zero attached hydrogens (tertiary/aromatic N) is 1. The van der Waals surface area contributed by atoms with Crippen LogP contribution in [0.15, 0.2) is 16.8 Å². The fraction of sp³-hybridized carbons (Fsp3) is 0.692. The minimum atomic E-state index is 0.340. The SMILES string of the molecule is CN(Cc1ccsc1)C(CN)CC(C)(C)C. The maximum Gasteiger partial charge on any atom is 0.0242 e. The summed E-state index contributed by atoms with van der Waals surface area (Å²) in [5.74, 6) is 0. The fourth-order valence-electron chi connectivity index (χ4n) is 1.93. The zero-order valence-electron chi connectivity index (χ0n) is 10.9. The lowest BCUT2D eigenvalue weighted by Crippen LogP contribution is -2.40. The number of rotatable bonds is 5. The highest BCUT2D eigenvalue weighted by molar-refractivity contribution is 7.07. The Hall–Kier alpha value is -0.380. The third-order valence-electron chi connectivity index (χ3n) is 2.76. The number of thiophene rings is 1. The van der Waals surface area contributed by atoms with E-state index in [0.29, 0.717) is 11.5 Å². The first-order chi connectivity index (χ1) is 7.42. The fourth-order valence-corrected chi connectivity index (χ4v) is 2.59. The first kappa shape index (κ1) is 13.7. The molecule has 0 aliphatic rings. The van der Waals surface area contributed by atoms with E-state index in [4.69, 9.17) is 5.73 Å². The Kier molecular flexibility index (Phi) is 4.96. The molecule has 1 aromatic rings. The monoisotopic (exact) mass is 240 g/mol. The molecule has 1 unspecified atom stereocenters. The number of nitrogens with two attached hydrogens (primary N) is 1. The summed E-state index contributed by atoms with van der Waals surface area (Å²) in [6, 6.07) is 2.66. The summed E-state index contributed by atoms with van der Waals surface area (Å²) in [7, 11) is 2.17. The van der Waals surface area contributed by atoms with Gasteiger partial charge in [-0.1, -0.05) is 20.8 Å². The Labute approximate surface area is 103 Å². The van der Waals surface area contributed by atoms with Gasteiger partial charge in [0.2, 0.25) is 0 Å². The van der Waals surface area contributed by atoms with E-state index in [1.165, 1.54) is 5.56 Å². The summed E-state index contributed by atoms with van der Waals surface area (Å²) in [5.41, 5.74) is 7.60. The van der Waals surface area contributed by atoms with Crippen molar-refractivity contribution in [2.24, 2.45) is 11.1 Å². The first-order valence-corrected chi connectivity index (χ1v) is 6.78. The van der Waals surface area contributed by atoms with Crippen molar-refractivity contribution < 1.29 is 0 Å². The van der Waals surface area contributed by atoms with Gasteiger partial charge >= 0.3 is 0 Å². The molecule has 1 heterocycles. The molecule has 0 aliphatic carbocycles. The highest BCUT2D eigenvalue weighted by atomic mass is 32.1. The molecule has 0 saturated heterocycles. The third-order valence-corrected chi connectivity index (χ3v) is 3.49. The molecule has 0 bridgehead atoms. The first-order valence-electron chi connectivity index (χ1n) is 5.84. The van der Waals surface area contributed by atoms with Crippen LogP contribution >= 0.6 is 11.3 Å². The molecule has 0 aromatic carbocycles. The van der Waals surface area contributed by atoms with E-state index in [0.717, 1.165) is 19.5 Å². The maximum atomic E-state index is 5.87. The van der Waals surface area contributed by atoms with E-state index in [2.05, 4.69) is 49.5 Å². The molecular weight excluding hydrogens is 216 g/mol. The van der Waals surface area contributed by atoms with Crippen LogP contribution in [0.5, 0.6) is 0 Å². The average Bonchev–Trinajstić information content (AvgIpc) is 2.65. The summed E-state index contributed by atoms with van der Waals surface area (Å²) in [4.78, 5) is 2.37. The quantitative estimate of drug-likeness (QED) is 0.857. The molecule has 0 amide bonds. The van der Waals surface area contributed by atoms with E-state index in [-0.39, 0.29) is 0 Å². The Morgan fingerprint density at radius 1 is 1.44 bits per heavy atom. The van der Waals surface area contributed by atoms with Crippen molar-refractivity contribution in [1.29, 1.82) is 0 Å². The van der Waals surface area contributed by atoms with Gasteiger partial charge in [-0.25, -0.2) is 0 Å². The van der Waals surface area contributed by atoms with Gasteiger partial charge in [-0.15, -0.1) is 0 Å². The molecule has 16 heavy (non-hydrogen) atoms. The highest BCUT2D eigenvalue weighted by Gasteiger charge is 2.21. The average molecular weight is 240 g/mol. The van der Waals surface area contributed by atoms with Crippen molar-refractivity contribution in [2.75, 3.05) is 13.6 Å². The van der Waals surface area contributed by atoms with Gasteiger partial charge in [0.25, 0.3) is 0 Å². The minimum Gasteiger partial charge on any atom is -0.329 e. The van der Waals surface area contributed by atoms with Crippen molar-refractivity contribution in [3.05, 3.63) is 22.4 Å². The Morgan fingerprint density at radius 3 is 2.56 bits per heavy atom. The lowest BCUT2D eigenvalue weighted by atomic mass is 9.87. The summed E-state index contributed by atoms with van der Waals surface area (Å²) >= 11 is 1.76. The Bertz CT molecular complexity index is 287. The molecule has 0 saturated carbocycles. The molecule has 0 fully saturated rings. The Balaban J connectivity index is 2.52. The number of likely N-dealkylation sites (N-methyl/N-ethyl adjacent to an activating group) is 1. The molecule has 3 heteroatoms. The van der Waals surface area contributed by atoms with Gasteiger partial charge in [0, 0.05) is 19.1 Å². The van der Waals surface area contributed by atoms with Gasteiger partial charge in [0.1, 0.15) is 0 Å². The topological polar surface area (TPSA) is 29.3 Å². The van der Waals surface area contributed by atoms with E-state index in [1.54, 1.807) is 11.3 Å². The van der Waals surface area contributed by atoms with Crippen LogP contribution in [-0.2, 0) is 6.54 Å². The molecule has 0 radical (unpaired) electrons. The molecule has 0 aliphatic heterocycles. The van der Waals surface area contributed by atoms with Crippen molar-refractivity contribution >= 4 is 11.3 Å². The van der Waals surface area contributed by atoms with E-state index in [1.807, 2.05) is 0 Å². The molecule has 0 spiro atoms. The highest BCUT2D eigenvalue weighted by Crippen LogP contribution is 2.23. The summed E-state index contributed by atoms with van der Waals surface area (Å²) in [5, 5.41) is 4.34. The summed E-state index contributed by atoms with van der Waals surface area (Å²) in [6.07, 6.45) is 1.14. The van der Waals surface area contributed by atoms with Gasteiger partial charge < -0.3 is 5.73 Å². The zero-order valence-corrected chi connectivity index (χ0v) is 11.7. The van der Waals surface area contributed by atoms with Crippen molar-refractivity contribution in [3.63, 3.8) is 0 Å². The predicted molar refractivity (Wildman–Crippen MR) is 72.7 cm³/mol. The van der Waals surface area contributed by atoms with Crippen molar-refractivity contribution in [2.45, 2.75) is 39.8 Å². The second-order valence-corrected chi connectivity index (χ2v) is 6.48. The van der Waals surface area contributed by atoms with Crippen LogP contribution in [0.25, 0.3) is 0 Å². The summed E-state index contributed by atoms with van der Waals surface area (Å²) < 4.78 is 0. The van der Waals surface area contributed by atoms with Gasteiger partial charge in [-0.2, -0.15) is 11.3 Å². The van der Waals surface area contributed by atoms with Crippen molar-refractivity contribution in [1.82, 2.24) is 4.90 Å². The molecule has 1 aromatic heterocycles. The van der Waals surface area contributed by atoms with E-state index in [9.17, 15) is 0 Å². The van der Waals surface area contributed by atoms with Gasteiger partial charge in [0.05, 0.1) is 0 Å². The molecule has 1 rings (SSSR count). The van der Waals surface area contributed by atoms with E-state index < -0.39 is 0 Å². The molecule has 2 nitrogen and oxygen atoms in total. The number of hydrogen-bond donors (Lipinski definition) is 1. The maximum absolute atomic E-state index is 5.87. The molecule has 92 valence electrons. The lowest BCUT2D eigenvalue weighted by molar-refractivity contribution is 0.177. The largest absolute Gasteiger partial charge is 0.329 e. The second kappa shape index (κ2) is 5.80. The smallest absolute Gasteiger partial charge is 0.0242 e. The van der Waals surface area contributed by atoms with Gasteiger partial charge in [-0.3, -0.25) is 4.90 Å². The minimum absolute atomic E-state index is 0.340. The number of hydrogen-bond acceptors (Lipinski definition) is 3. The van der Waals surface area contributed by atoms with Crippen LogP contribution in [0.4, 0.5) is 0 Å². The molecule has 2 N–H and O–H groups in total. The standard InChI is InChI=1S/C13H24N2S/c1-13(2,3)7-12(8-14)15(4)9-11-5-6-16-10-11/h5-6,10,12H,7-9,14H2,1-4H3. The van der Waals surface area contributed by atoms with Crippen LogP contribution in [0.2, 0.25) is 0 Å². The molecular formula is C13H24N2S. The van der Waals surface area contributed by atoms with Crippen LogP contribution in [-0.4, -0.2) is 24.5 Å². The normalized spacial score (nSPS) is 14.4. The van der Waals surface area contributed by atoms with Crippen LogP contribution in [0, 0.1) is 5.41 Å². The van der Waals surface area contributed by atoms with Crippen LogP contribution in [0.1, 0.15) is 32.8 Å². The van der Waals surface area contributed by atoms with Crippen LogP contribution in [0.3, 0.4) is 0 Å². The van der Waals surface area contributed by atoms with Crippen molar-refractivity contribution in [3.8, 4) is 0 Å². The van der Waals surface area contributed by atoms with Crippen LogP contribution < -0.4 is 5.73 Å².